The number of ether oxygens (including phenoxy) is 4. The molecule has 0 radical (unpaired) electrons. The van der Waals surface area contributed by atoms with Gasteiger partial charge in [-0.2, -0.15) is 0 Å². The monoisotopic (exact) mass is 228 g/mol. The van der Waals surface area contributed by atoms with Gasteiger partial charge in [-0.1, -0.05) is 0 Å². The molecule has 0 aromatic heterocycles. The Morgan fingerprint density at radius 1 is 1.38 bits per heavy atom. The Morgan fingerprint density at radius 2 is 2.06 bits per heavy atom. The minimum Gasteiger partial charge on any atom is -0.493 e. The summed E-state index contributed by atoms with van der Waals surface area (Å²) in [6, 6.07) is 0. The molecular weight excluding hydrogens is 216 g/mol. The Kier molecular flexibility index (Phi) is 2.21. The molecule has 2 atom stereocenters. The number of carbonyl (C=O) groups is 1. The quantitative estimate of drug-likeness (QED) is 0.695. The number of hydrogen-bond donors (Lipinski definition) is 1. The van der Waals surface area contributed by atoms with Gasteiger partial charge in [-0.3, -0.25) is 0 Å². The zero-order valence-electron chi connectivity index (χ0n) is 9.14. The Morgan fingerprint density at radius 3 is 2.50 bits per heavy atom. The van der Waals surface area contributed by atoms with E-state index in [-0.39, 0.29) is 5.76 Å². The normalized spacial score (nSPS) is 35.7. The number of carboxylic acid groups (broad SMARTS) is 1. The molecule has 1 heterocycles. The summed E-state index contributed by atoms with van der Waals surface area (Å²) >= 11 is 0. The molecule has 2 unspecified atom stereocenters. The molecule has 0 aromatic rings. The molecule has 1 aliphatic carbocycles. The zero-order chi connectivity index (χ0) is 12.0. The van der Waals surface area contributed by atoms with Crippen LogP contribution in [0.1, 0.15) is 0 Å². The standard InChI is InChI=1S/C10H12O6/c1-13-6-4-5-9(8(11)12)10(15-3,16-9)7(6)14-2/h4-5H,1-3H3,(H,11,12). The number of methoxy groups -OCH3 is 3. The van der Waals surface area contributed by atoms with Crippen LogP contribution >= 0.6 is 0 Å². The lowest BCUT2D eigenvalue weighted by molar-refractivity contribution is -0.141. The summed E-state index contributed by atoms with van der Waals surface area (Å²) in [4.78, 5) is 11.2. The lowest BCUT2D eigenvalue weighted by atomic mass is 9.95. The van der Waals surface area contributed by atoms with E-state index in [1.807, 2.05) is 0 Å². The molecule has 6 nitrogen and oxygen atoms in total. The number of epoxide rings is 1. The largest absolute Gasteiger partial charge is 0.493 e. The van der Waals surface area contributed by atoms with Gasteiger partial charge in [0, 0.05) is 7.11 Å². The first kappa shape index (κ1) is 11.0. The van der Waals surface area contributed by atoms with Gasteiger partial charge in [0.05, 0.1) is 14.2 Å². The van der Waals surface area contributed by atoms with Crippen LogP contribution in [0.2, 0.25) is 0 Å². The SMILES string of the molecule is COC1=C(OC)C2(OC)OC2(C(=O)O)C=C1. The second kappa shape index (κ2) is 3.23. The van der Waals surface area contributed by atoms with Gasteiger partial charge in [0.1, 0.15) is 0 Å². The van der Waals surface area contributed by atoms with Crippen LogP contribution in [0.25, 0.3) is 0 Å². The maximum absolute atomic E-state index is 11.2. The fourth-order valence-electron chi connectivity index (χ4n) is 1.93. The summed E-state index contributed by atoms with van der Waals surface area (Å²) in [5.41, 5.74) is -1.50. The fourth-order valence-corrected chi connectivity index (χ4v) is 1.93. The number of aliphatic carboxylic acids is 1. The number of allylic oxidation sites excluding steroid dienone is 1. The maximum atomic E-state index is 11.2. The van der Waals surface area contributed by atoms with Crippen molar-refractivity contribution in [3.63, 3.8) is 0 Å². The van der Waals surface area contributed by atoms with Gasteiger partial charge in [0.2, 0.25) is 11.4 Å². The molecule has 6 heteroatoms. The molecule has 0 amide bonds. The van der Waals surface area contributed by atoms with Crippen LogP contribution in [0.3, 0.4) is 0 Å². The van der Waals surface area contributed by atoms with Gasteiger partial charge >= 0.3 is 5.97 Å². The van der Waals surface area contributed by atoms with E-state index in [1.165, 1.54) is 33.5 Å². The average Bonchev–Trinajstić information content (AvgIpc) is 2.98. The first-order chi connectivity index (χ1) is 7.58. The highest BCUT2D eigenvalue weighted by molar-refractivity contribution is 5.87. The Hall–Kier alpha value is -1.53. The van der Waals surface area contributed by atoms with E-state index in [2.05, 4.69) is 0 Å². The Balaban J connectivity index is 2.50. The van der Waals surface area contributed by atoms with Crippen LogP contribution in [0.5, 0.6) is 0 Å². The highest BCUT2D eigenvalue weighted by atomic mass is 16.8. The summed E-state index contributed by atoms with van der Waals surface area (Å²) in [6.45, 7) is 0. The van der Waals surface area contributed by atoms with Gasteiger partial charge in [-0.05, 0) is 12.2 Å². The minimum atomic E-state index is -1.50. The van der Waals surface area contributed by atoms with Crippen molar-refractivity contribution in [2.45, 2.75) is 11.4 Å². The van der Waals surface area contributed by atoms with E-state index in [1.54, 1.807) is 0 Å². The number of rotatable bonds is 4. The van der Waals surface area contributed by atoms with E-state index in [0.717, 1.165) is 0 Å². The highest BCUT2D eigenvalue weighted by Gasteiger charge is 2.80. The lowest BCUT2D eigenvalue weighted by Crippen LogP contribution is -2.38. The molecule has 1 saturated heterocycles. The molecule has 0 saturated carbocycles. The summed E-state index contributed by atoms with van der Waals surface area (Å²) in [5.74, 6) is -1.93. The van der Waals surface area contributed by atoms with Crippen molar-refractivity contribution in [2.75, 3.05) is 21.3 Å². The second-order valence-corrected chi connectivity index (χ2v) is 3.40. The molecule has 2 rings (SSSR count). The predicted octanol–water partition coefficient (Wildman–Crippen LogP) is 0.257. The van der Waals surface area contributed by atoms with Crippen LogP contribution in [0.15, 0.2) is 23.7 Å². The molecule has 2 aliphatic rings. The maximum Gasteiger partial charge on any atom is 0.346 e. The van der Waals surface area contributed by atoms with E-state index >= 15 is 0 Å². The summed E-state index contributed by atoms with van der Waals surface area (Å²) in [6.07, 6.45) is 2.89. The average molecular weight is 228 g/mol. The first-order valence-corrected chi connectivity index (χ1v) is 4.58. The Bertz CT molecular complexity index is 398. The summed E-state index contributed by atoms with van der Waals surface area (Å²) in [7, 11) is 4.22. The van der Waals surface area contributed by atoms with Gasteiger partial charge in [-0.15, -0.1) is 0 Å². The molecule has 0 bridgehead atoms. The van der Waals surface area contributed by atoms with Crippen molar-refractivity contribution in [3.8, 4) is 0 Å². The Labute approximate surface area is 92.0 Å². The highest BCUT2D eigenvalue weighted by Crippen LogP contribution is 2.57. The topological polar surface area (TPSA) is 77.5 Å². The molecule has 0 aromatic carbocycles. The minimum absolute atomic E-state index is 0.224. The van der Waals surface area contributed by atoms with Crippen LogP contribution in [0, 0.1) is 0 Å². The first-order valence-electron chi connectivity index (χ1n) is 4.58. The fraction of sp³-hybridized carbons (Fsp3) is 0.500. The van der Waals surface area contributed by atoms with E-state index in [9.17, 15) is 4.79 Å². The van der Waals surface area contributed by atoms with Crippen molar-refractivity contribution < 1.29 is 28.8 Å². The number of carboxylic acids is 1. The van der Waals surface area contributed by atoms with Crippen LogP contribution in [-0.2, 0) is 23.7 Å². The van der Waals surface area contributed by atoms with Crippen molar-refractivity contribution in [2.24, 2.45) is 0 Å². The van der Waals surface area contributed by atoms with Gasteiger partial charge in [0.15, 0.2) is 5.76 Å². The number of hydrogen-bond acceptors (Lipinski definition) is 5. The summed E-state index contributed by atoms with van der Waals surface area (Å²) < 4.78 is 20.5. The van der Waals surface area contributed by atoms with E-state index in [4.69, 9.17) is 24.1 Å². The molecule has 0 spiro atoms. The third-order valence-electron chi connectivity index (χ3n) is 2.77. The van der Waals surface area contributed by atoms with Crippen molar-refractivity contribution >= 4 is 5.97 Å². The molecule has 16 heavy (non-hydrogen) atoms. The van der Waals surface area contributed by atoms with Crippen LogP contribution in [-0.4, -0.2) is 43.8 Å². The predicted molar refractivity (Wildman–Crippen MR) is 51.4 cm³/mol. The number of fused-ring (bicyclic) bond motifs is 1. The molecule has 1 aliphatic heterocycles. The van der Waals surface area contributed by atoms with Crippen molar-refractivity contribution in [3.05, 3.63) is 23.7 Å². The van der Waals surface area contributed by atoms with Crippen molar-refractivity contribution in [1.29, 1.82) is 0 Å². The molecule has 1 N–H and O–H groups in total. The summed E-state index contributed by atoms with van der Waals surface area (Å²) in [5, 5.41) is 9.13. The van der Waals surface area contributed by atoms with Gasteiger partial charge in [-0.25, -0.2) is 4.79 Å². The smallest absolute Gasteiger partial charge is 0.346 e. The van der Waals surface area contributed by atoms with Crippen LogP contribution < -0.4 is 0 Å². The molecular formula is C10H12O6. The van der Waals surface area contributed by atoms with Gasteiger partial charge < -0.3 is 24.1 Å². The lowest BCUT2D eigenvalue weighted by Gasteiger charge is -2.21. The third-order valence-corrected chi connectivity index (χ3v) is 2.77. The van der Waals surface area contributed by atoms with E-state index < -0.39 is 17.4 Å². The molecule has 88 valence electrons. The third kappa shape index (κ3) is 1.00. The van der Waals surface area contributed by atoms with Crippen molar-refractivity contribution in [1.82, 2.24) is 0 Å². The van der Waals surface area contributed by atoms with Crippen LogP contribution in [0.4, 0.5) is 0 Å². The zero-order valence-corrected chi connectivity index (χ0v) is 9.14. The second-order valence-electron chi connectivity index (χ2n) is 3.40. The van der Waals surface area contributed by atoms with E-state index in [0.29, 0.717) is 5.76 Å². The molecule has 1 fully saturated rings. The van der Waals surface area contributed by atoms with Gasteiger partial charge in [0.25, 0.3) is 5.79 Å².